The zero-order valence-electron chi connectivity index (χ0n) is 14.6. The Bertz CT molecular complexity index is 910. The van der Waals surface area contributed by atoms with E-state index in [0.29, 0.717) is 5.56 Å². The van der Waals surface area contributed by atoms with Gasteiger partial charge >= 0.3 is 0 Å². The van der Waals surface area contributed by atoms with Crippen LogP contribution in [0.4, 0.5) is 10.1 Å². The molecule has 0 aliphatic rings. The standard InChI is InChI=1S/C21H21FN2O/c1-4-16-7-5-6-8-20(16)23-21(25)19-13-14(2)24(15(19)3)18-11-9-17(22)10-12-18/h5-13H,4H2,1-3H3,(H,23,25). The third-order valence-corrected chi connectivity index (χ3v) is 4.41. The van der Waals surface area contributed by atoms with Crippen molar-refractivity contribution >= 4 is 11.6 Å². The highest BCUT2D eigenvalue weighted by Crippen LogP contribution is 2.23. The van der Waals surface area contributed by atoms with Gasteiger partial charge < -0.3 is 9.88 Å². The monoisotopic (exact) mass is 336 g/mol. The lowest BCUT2D eigenvalue weighted by Gasteiger charge is -2.11. The van der Waals surface area contributed by atoms with Crippen molar-refractivity contribution in [3.63, 3.8) is 0 Å². The average Bonchev–Trinajstić information content (AvgIpc) is 2.91. The van der Waals surface area contributed by atoms with Gasteiger partial charge in [-0.3, -0.25) is 4.79 Å². The molecule has 3 aromatic rings. The van der Waals surface area contributed by atoms with Crippen molar-refractivity contribution in [2.75, 3.05) is 5.32 Å². The number of benzene rings is 2. The van der Waals surface area contributed by atoms with Crippen molar-refractivity contribution in [2.45, 2.75) is 27.2 Å². The van der Waals surface area contributed by atoms with Crippen LogP contribution in [0.1, 0.15) is 34.2 Å². The van der Waals surface area contributed by atoms with E-state index in [9.17, 15) is 9.18 Å². The number of anilines is 1. The second-order valence-electron chi connectivity index (χ2n) is 6.06. The summed E-state index contributed by atoms with van der Waals surface area (Å²) in [5.41, 5.74) is 5.15. The number of para-hydroxylation sites is 1. The fraction of sp³-hybridized carbons (Fsp3) is 0.190. The fourth-order valence-corrected chi connectivity index (χ4v) is 3.12. The predicted octanol–water partition coefficient (Wildman–Crippen LogP) is 5.05. The zero-order valence-corrected chi connectivity index (χ0v) is 14.6. The number of halogens is 1. The topological polar surface area (TPSA) is 34.0 Å². The first kappa shape index (κ1) is 17.0. The molecule has 1 heterocycles. The number of nitrogens with zero attached hydrogens (tertiary/aromatic N) is 1. The van der Waals surface area contributed by atoms with Crippen molar-refractivity contribution in [1.82, 2.24) is 4.57 Å². The van der Waals surface area contributed by atoms with Gasteiger partial charge in [0.25, 0.3) is 5.91 Å². The van der Waals surface area contributed by atoms with Crippen LogP contribution in [0.15, 0.2) is 54.6 Å². The van der Waals surface area contributed by atoms with E-state index >= 15 is 0 Å². The van der Waals surface area contributed by atoms with Crippen molar-refractivity contribution in [3.8, 4) is 5.69 Å². The lowest BCUT2D eigenvalue weighted by molar-refractivity contribution is 0.102. The van der Waals surface area contributed by atoms with Gasteiger partial charge in [0.15, 0.2) is 0 Å². The number of hydrogen-bond donors (Lipinski definition) is 1. The first-order valence-electron chi connectivity index (χ1n) is 8.35. The summed E-state index contributed by atoms with van der Waals surface area (Å²) >= 11 is 0. The normalized spacial score (nSPS) is 10.7. The summed E-state index contributed by atoms with van der Waals surface area (Å²) in [4.78, 5) is 12.8. The molecule has 0 bridgehead atoms. The average molecular weight is 336 g/mol. The highest BCUT2D eigenvalue weighted by molar-refractivity contribution is 6.05. The SMILES string of the molecule is CCc1ccccc1NC(=O)c1cc(C)n(-c2ccc(F)cc2)c1C. The maximum Gasteiger partial charge on any atom is 0.257 e. The quantitative estimate of drug-likeness (QED) is 0.711. The molecule has 1 N–H and O–H groups in total. The van der Waals surface area contributed by atoms with Crippen LogP contribution in [0.2, 0.25) is 0 Å². The summed E-state index contributed by atoms with van der Waals surface area (Å²) < 4.78 is 15.1. The summed E-state index contributed by atoms with van der Waals surface area (Å²) in [6, 6.07) is 15.9. The van der Waals surface area contributed by atoms with Crippen LogP contribution in [-0.4, -0.2) is 10.5 Å². The number of aromatic nitrogens is 1. The number of carbonyl (C=O) groups is 1. The van der Waals surface area contributed by atoms with Crippen LogP contribution in [0.25, 0.3) is 5.69 Å². The van der Waals surface area contributed by atoms with Crippen molar-refractivity contribution < 1.29 is 9.18 Å². The molecule has 3 rings (SSSR count). The molecule has 1 aromatic heterocycles. The van der Waals surface area contributed by atoms with E-state index < -0.39 is 0 Å². The maximum atomic E-state index is 13.2. The minimum absolute atomic E-state index is 0.137. The number of amides is 1. The van der Waals surface area contributed by atoms with Crippen LogP contribution >= 0.6 is 0 Å². The van der Waals surface area contributed by atoms with Crippen molar-refractivity contribution in [2.24, 2.45) is 0 Å². The van der Waals surface area contributed by atoms with Crippen LogP contribution < -0.4 is 5.32 Å². The molecule has 0 saturated heterocycles. The molecule has 0 aliphatic heterocycles. The smallest absolute Gasteiger partial charge is 0.257 e. The minimum Gasteiger partial charge on any atom is -0.322 e. The Kier molecular flexibility index (Phi) is 4.70. The Morgan fingerprint density at radius 3 is 2.44 bits per heavy atom. The number of nitrogens with one attached hydrogen (secondary N) is 1. The Balaban J connectivity index is 1.94. The predicted molar refractivity (Wildman–Crippen MR) is 99.0 cm³/mol. The fourth-order valence-electron chi connectivity index (χ4n) is 3.12. The molecule has 128 valence electrons. The third-order valence-electron chi connectivity index (χ3n) is 4.41. The van der Waals surface area contributed by atoms with E-state index in [1.54, 1.807) is 12.1 Å². The molecule has 0 unspecified atom stereocenters. The molecule has 0 radical (unpaired) electrons. The molecule has 2 aromatic carbocycles. The maximum absolute atomic E-state index is 13.2. The largest absolute Gasteiger partial charge is 0.322 e. The lowest BCUT2D eigenvalue weighted by Crippen LogP contribution is -2.14. The van der Waals surface area contributed by atoms with Gasteiger partial charge in [0, 0.05) is 22.8 Å². The van der Waals surface area contributed by atoms with Gasteiger partial charge in [-0.25, -0.2) is 4.39 Å². The van der Waals surface area contributed by atoms with E-state index in [1.165, 1.54) is 12.1 Å². The van der Waals surface area contributed by atoms with Crippen molar-refractivity contribution in [3.05, 3.63) is 82.9 Å². The molecular weight excluding hydrogens is 315 g/mol. The van der Waals surface area contributed by atoms with E-state index in [1.807, 2.05) is 48.7 Å². The summed E-state index contributed by atoms with van der Waals surface area (Å²) in [6.07, 6.45) is 0.852. The summed E-state index contributed by atoms with van der Waals surface area (Å²) in [7, 11) is 0. The van der Waals surface area contributed by atoms with Gasteiger partial charge in [0.2, 0.25) is 0 Å². The van der Waals surface area contributed by atoms with Gasteiger partial charge in [-0.05, 0) is 62.2 Å². The van der Waals surface area contributed by atoms with Gasteiger partial charge in [0.1, 0.15) is 5.82 Å². The molecule has 0 fully saturated rings. The van der Waals surface area contributed by atoms with Crippen LogP contribution in [0, 0.1) is 19.7 Å². The number of rotatable bonds is 4. The van der Waals surface area contributed by atoms with E-state index in [0.717, 1.165) is 34.7 Å². The Labute approximate surface area is 147 Å². The highest BCUT2D eigenvalue weighted by Gasteiger charge is 2.17. The molecule has 0 aliphatic carbocycles. The van der Waals surface area contributed by atoms with Crippen molar-refractivity contribution in [1.29, 1.82) is 0 Å². The van der Waals surface area contributed by atoms with E-state index in [-0.39, 0.29) is 11.7 Å². The highest BCUT2D eigenvalue weighted by atomic mass is 19.1. The molecule has 0 atom stereocenters. The van der Waals surface area contributed by atoms with E-state index in [2.05, 4.69) is 12.2 Å². The molecular formula is C21H21FN2O. The van der Waals surface area contributed by atoms with Gasteiger partial charge in [0.05, 0.1) is 5.56 Å². The molecule has 25 heavy (non-hydrogen) atoms. The van der Waals surface area contributed by atoms with Crippen LogP contribution in [0.5, 0.6) is 0 Å². The van der Waals surface area contributed by atoms with Gasteiger partial charge in [-0.1, -0.05) is 25.1 Å². The summed E-state index contributed by atoms with van der Waals surface area (Å²) in [5, 5.41) is 3.01. The molecule has 1 amide bonds. The summed E-state index contributed by atoms with van der Waals surface area (Å²) in [6.45, 7) is 5.90. The molecule has 4 heteroatoms. The second-order valence-corrected chi connectivity index (χ2v) is 6.06. The second kappa shape index (κ2) is 6.93. The number of aryl methyl sites for hydroxylation is 2. The van der Waals surface area contributed by atoms with E-state index in [4.69, 9.17) is 0 Å². The molecule has 0 spiro atoms. The lowest BCUT2D eigenvalue weighted by atomic mass is 10.1. The van der Waals surface area contributed by atoms with Gasteiger partial charge in [-0.2, -0.15) is 0 Å². The minimum atomic E-state index is -0.277. The first-order chi connectivity index (χ1) is 12.0. The molecule has 0 saturated carbocycles. The third kappa shape index (κ3) is 3.33. The Morgan fingerprint density at radius 1 is 1.08 bits per heavy atom. The zero-order chi connectivity index (χ0) is 18.0. The Morgan fingerprint density at radius 2 is 1.76 bits per heavy atom. The number of hydrogen-bond acceptors (Lipinski definition) is 1. The summed E-state index contributed by atoms with van der Waals surface area (Å²) in [5.74, 6) is -0.414. The van der Waals surface area contributed by atoms with Crippen LogP contribution in [-0.2, 0) is 6.42 Å². The number of carbonyl (C=O) groups excluding carboxylic acids is 1. The molecule has 3 nitrogen and oxygen atoms in total. The van der Waals surface area contributed by atoms with Gasteiger partial charge in [-0.15, -0.1) is 0 Å². The van der Waals surface area contributed by atoms with Crippen LogP contribution in [0.3, 0.4) is 0 Å². The first-order valence-corrected chi connectivity index (χ1v) is 8.35. The Hall–Kier alpha value is -2.88.